The van der Waals surface area contributed by atoms with E-state index in [0.717, 1.165) is 16.4 Å². The van der Waals surface area contributed by atoms with Crippen molar-refractivity contribution in [2.75, 3.05) is 17.4 Å². The zero-order valence-electron chi connectivity index (χ0n) is 21.5. The summed E-state index contributed by atoms with van der Waals surface area (Å²) in [5.74, 6) is -1.35. The molecule has 38 heavy (non-hydrogen) atoms. The van der Waals surface area contributed by atoms with Gasteiger partial charge in [0.05, 0.1) is 10.6 Å². The van der Waals surface area contributed by atoms with E-state index in [2.05, 4.69) is 5.32 Å². The molecule has 1 N–H and O–H groups in total. The molecule has 0 aliphatic carbocycles. The van der Waals surface area contributed by atoms with Crippen molar-refractivity contribution in [3.05, 3.63) is 95.3 Å². The van der Waals surface area contributed by atoms with Gasteiger partial charge >= 0.3 is 0 Å². The Kier molecular flexibility index (Phi) is 9.88. The third-order valence-corrected chi connectivity index (χ3v) is 8.03. The first kappa shape index (κ1) is 29.1. The second-order valence-electron chi connectivity index (χ2n) is 9.23. The van der Waals surface area contributed by atoms with Crippen LogP contribution in [0, 0.1) is 11.7 Å². The van der Waals surface area contributed by atoms with Crippen LogP contribution in [0.5, 0.6) is 0 Å². The summed E-state index contributed by atoms with van der Waals surface area (Å²) in [4.78, 5) is 28.0. The Morgan fingerprint density at radius 3 is 2.13 bits per heavy atom. The molecule has 3 aromatic rings. The maximum absolute atomic E-state index is 13.8. The number of benzene rings is 3. The highest BCUT2D eigenvalue weighted by atomic mass is 35.5. The SMILES string of the molecule is CC(C)CNC(=O)[C@H](C)N(Cc1ccccc1Cl)C(=O)CN(c1ccc(F)cc1)S(=O)(=O)c1ccccc1. The van der Waals surface area contributed by atoms with Gasteiger partial charge < -0.3 is 10.2 Å². The van der Waals surface area contributed by atoms with E-state index in [1.807, 2.05) is 13.8 Å². The van der Waals surface area contributed by atoms with Gasteiger partial charge in [-0.2, -0.15) is 0 Å². The first-order chi connectivity index (χ1) is 18.0. The van der Waals surface area contributed by atoms with Crippen LogP contribution in [0.25, 0.3) is 0 Å². The highest BCUT2D eigenvalue weighted by Gasteiger charge is 2.32. The van der Waals surface area contributed by atoms with Gasteiger partial charge in [-0.25, -0.2) is 12.8 Å². The lowest BCUT2D eigenvalue weighted by atomic mass is 10.1. The fourth-order valence-corrected chi connectivity index (χ4v) is 5.33. The molecule has 0 radical (unpaired) electrons. The fourth-order valence-electron chi connectivity index (χ4n) is 3.70. The van der Waals surface area contributed by atoms with E-state index in [1.165, 1.54) is 29.2 Å². The molecular formula is C28H31ClFN3O4S. The van der Waals surface area contributed by atoms with E-state index in [4.69, 9.17) is 11.6 Å². The molecule has 0 fully saturated rings. The average molecular weight is 560 g/mol. The Balaban J connectivity index is 2.00. The standard InChI is InChI=1S/C28H31ClFN3O4S/c1-20(2)17-31-28(35)21(3)32(18-22-9-7-8-12-26(22)29)27(34)19-33(24-15-13-23(30)14-16-24)38(36,37)25-10-5-4-6-11-25/h4-16,20-21H,17-19H2,1-3H3,(H,31,35)/t21-/m0/s1. The van der Waals surface area contributed by atoms with Crippen molar-refractivity contribution in [2.45, 2.75) is 38.3 Å². The van der Waals surface area contributed by atoms with Gasteiger partial charge in [0.2, 0.25) is 11.8 Å². The zero-order chi connectivity index (χ0) is 27.9. The smallest absolute Gasteiger partial charge is 0.264 e. The van der Waals surface area contributed by atoms with Gasteiger partial charge in [-0.3, -0.25) is 13.9 Å². The number of amides is 2. The number of sulfonamides is 1. The average Bonchev–Trinajstić information content (AvgIpc) is 2.90. The van der Waals surface area contributed by atoms with Crippen LogP contribution in [-0.4, -0.2) is 44.3 Å². The largest absolute Gasteiger partial charge is 0.354 e. The summed E-state index contributed by atoms with van der Waals surface area (Å²) in [5.41, 5.74) is 0.712. The molecule has 2 amide bonds. The molecule has 0 heterocycles. The van der Waals surface area contributed by atoms with Crippen molar-refractivity contribution in [3.8, 4) is 0 Å². The van der Waals surface area contributed by atoms with Crippen molar-refractivity contribution in [2.24, 2.45) is 5.92 Å². The first-order valence-corrected chi connectivity index (χ1v) is 14.0. The molecule has 0 spiro atoms. The number of hydrogen-bond donors (Lipinski definition) is 1. The Labute approximate surface area is 228 Å². The molecule has 10 heteroatoms. The Morgan fingerprint density at radius 1 is 0.921 bits per heavy atom. The number of halogens is 2. The number of hydrogen-bond acceptors (Lipinski definition) is 4. The molecule has 0 unspecified atom stereocenters. The van der Waals surface area contributed by atoms with E-state index in [-0.39, 0.29) is 29.0 Å². The lowest BCUT2D eigenvalue weighted by Crippen LogP contribution is -2.51. The second-order valence-corrected chi connectivity index (χ2v) is 11.5. The minimum absolute atomic E-state index is 0.0165. The lowest BCUT2D eigenvalue weighted by molar-refractivity contribution is -0.139. The molecule has 0 aromatic heterocycles. The summed E-state index contributed by atoms with van der Waals surface area (Å²) in [6.45, 7) is 5.27. The summed E-state index contributed by atoms with van der Waals surface area (Å²) in [6, 6.07) is 18.5. The molecule has 7 nitrogen and oxygen atoms in total. The molecule has 0 saturated heterocycles. The Morgan fingerprint density at radius 2 is 1.53 bits per heavy atom. The van der Waals surface area contributed by atoms with E-state index < -0.39 is 34.3 Å². The van der Waals surface area contributed by atoms with Crippen LogP contribution in [0.1, 0.15) is 26.3 Å². The van der Waals surface area contributed by atoms with Crippen molar-refractivity contribution in [3.63, 3.8) is 0 Å². The minimum Gasteiger partial charge on any atom is -0.354 e. The molecule has 0 bridgehead atoms. The maximum Gasteiger partial charge on any atom is 0.264 e. The normalized spacial score (nSPS) is 12.2. The van der Waals surface area contributed by atoms with Gasteiger partial charge in [0.15, 0.2) is 0 Å². The highest BCUT2D eigenvalue weighted by molar-refractivity contribution is 7.92. The fraction of sp³-hybridized carbons (Fsp3) is 0.286. The topological polar surface area (TPSA) is 86.8 Å². The zero-order valence-corrected chi connectivity index (χ0v) is 23.0. The highest BCUT2D eigenvalue weighted by Crippen LogP contribution is 2.25. The number of nitrogens with one attached hydrogen (secondary N) is 1. The second kappa shape index (κ2) is 12.9. The van der Waals surface area contributed by atoms with Crippen LogP contribution in [0.15, 0.2) is 83.8 Å². The molecule has 0 aliphatic rings. The van der Waals surface area contributed by atoms with Crippen LogP contribution < -0.4 is 9.62 Å². The Hall–Kier alpha value is -3.43. The number of anilines is 1. The van der Waals surface area contributed by atoms with Crippen LogP contribution >= 0.6 is 11.6 Å². The third-order valence-electron chi connectivity index (χ3n) is 5.88. The minimum atomic E-state index is -4.21. The quantitative estimate of drug-likeness (QED) is 0.363. The predicted molar refractivity (Wildman–Crippen MR) is 147 cm³/mol. The van der Waals surface area contributed by atoms with Gasteiger partial charge in [-0.1, -0.05) is 61.8 Å². The van der Waals surface area contributed by atoms with Crippen LogP contribution in [0.3, 0.4) is 0 Å². The molecule has 0 saturated carbocycles. The lowest BCUT2D eigenvalue weighted by Gasteiger charge is -2.32. The summed E-state index contributed by atoms with van der Waals surface area (Å²) in [5, 5.41) is 3.24. The number of nitrogens with zero attached hydrogens (tertiary/aromatic N) is 2. The van der Waals surface area contributed by atoms with Gasteiger partial charge in [0.25, 0.3) is 10.0 Å². The van der Waals surface area contributed by atoms with Gasteiger partial charge in [-0.05, 0) is 60.9 Å². The van der Waals surface area contributed by atoms with Crippen molar-refractivity contribution < 1.29 is 22.4 Å². The monoisotopic (exact) mass is 559 g/mol. The van der Waals surface area contributed by atoms with E-state index >= 15 is 0 Å². The molecule has 1 atom stereocenters. The summed E-state index contributed by atoms with van der Waals surface area (Å²) in [7, 11) is -4.21. The number of carbonyl (C=O) groups excluding carboxylic acids is 2. The number of rotatable bonds is 11. The third kappa shape index (κ3) is 7.33. The maximum atomic E-state index is 13.8. The number of carbonyl (C=O) groups is 2. The molecule has 3 rings (SSSR count). The summed E-state index contributed by atoms with van der Waals surface area (Å²) >= 11 is 6.35. The predicted octanol–water partition coefficient (Wildman–Crippen LogP) is 4.86. The van der Waals surface area contributed by atoms with Crippen molar-refractivity contribution >= 4 is 39.1 Å². The van der Waals surface area contributed by atoms with Gasteiger partial charge in [0, 0.05) is 18.1 Å². The first-order valence-electron chi connectivity index (χ1n) is 12.1. The van der Waals surface area contributed by atoms with Crippen LogP contribution in [-0.2, 0) is 26.2 Å². The van der Waals surface area contributed by atoms with Gasteiger partial charge in [0.1, 0.15) is 18.4 Å². The van der Waals surface area contributed by atoms with E-state index in [9.17, 15) is 22.4 Å². The molecule has 3 aromatic carbocycles. The molecule has 0 aliphatic heterocycles. The molecule has 202 valence electrons. The van der Waals surface area contributed by atoms with Crippen LogP contribution in [0.4, 0.5) is 10.1 Å². The van der Waals surface area contributed by atoms with Crippen molar-refractivity contribution in [1.29, 1.82) is 0 Å². The van der Waals surface area contributed by atoms with Gasteiger partial charge in [-0.15, -0.1) is 0 Å². The Bertz CT molecular complexity index is 1350. The summed E-state index contributed by atoms with van der Waals surface area (Å²) < 4.78 is 41.8. The molecular weight excluding hydrogens is 529 g/mol. The van der Waals surface area contributed by atoms with E-state index in [0.29, 0.717) is 17.1 Å². The summed E-state index contributed by atoms with van der Waals surface area (Å²) in [6.07, 6.45) is 0. The van der Waals surface area contributed by atoms with E-state index in [1.54, 1.807) is 49.4 Å². The van der Waals surface area contributed by atoms with Crippen molar-refractivity contribution in [1.82, 2.24) is 10.2 Å². The van der Waals surface area contributed by atoms with Crippen LogP contribution in [0.2, 0.25) is 5.02 Å².